The Morgan fingerprint density at radius 1 is 1.56 bits per heavy atom. The lowest BCUT2D eigenvalue weighted by Crippen LogP contribution is -2.40. The van der Waals surface area contributed by atoms with E-state index in [2.05, 4.69) is 5.32 Å². The molecular weight excluding hydrogens is 270 g/mol. The van der Waals surface area contributed by atoms with Gasteiger partial charge in [-0.2, -0.15) is 0 Å². The smallest absolute Gasteiger partial charge is 0.326 e. The molecule has 0 aromatic carbocycles. The number of carboxylic acids is 1. The number of nitrogens with one attached hydrogen (secondary N) is 1. The minimum atomic E-state index is -0.973. The summed E-state index contributed by atoms with van der Waals surface area (Å²) in [4.78, 5) is 24.5. The van der Waals surface area contributed by atoms with Crippen molar-refractivity contribution < 1.29 is 14.7 Å². The number of hydrogen-bond acceptors (Lipinski definition) is 4. The van der Waals surface area contributed by atoms with Crippen LogP contribution in [0.4, 0.5) is 0 Å². The lowest BCUT2D eigenvalue weighted by atomic mass is 10.1. The molecule has 0 aliphatic heterocycles. The number of unbranched alkanes of at least 4 members (excludes halogenated alkanes) is 1. The minimum absolute atomic E-state index is 0.294. The molecule has 0 fully saturated rings. The lowest BCUT2D eigenvalue weighted by molar-refractivity contribution is -0.139. The second-order valence-electron chi connectivity index (χ2n) is 3.82. The number of carbonyl (C=O) groups is 2. The molecule has 100 valence electrons. The second-order valence-corrected chi connectivity index (χ2v) is 5.59. The van der Waals surface area contributed by atoms with Crippen LogP contribution in [0.25, 0.3) is 0 Å². The van der Waals surface area contributed by atoms with E-state index in [9.17, 15) is 9.59 Å². The first-order chi connectivity index (χ1) is 8.60. The van der Waals surface area contributed by atoms with Crippen molar-refractivity contribution in [3.8, 4) is 0 Å². The van der Waals surface area contributed by atoms with E-state index in [1.54, 1.807) is 0 Å². The maximum Gasteiger partial charge on any atom is 0.326 e. The molecule has 4 nitrogen and oxygen atoms in total. The van der Waals surface area contributed by atoms with Crippen molar-refractivity contribution in [3.05, 3.63) is 16.3 Å². The zero-order valence-corrected chi connectivity index (χ0v) is 12.1. The van der Waals surface area contributed by atoms with Crippen molar-refractivity contribution >= 4 is 35.0 Å². The highest BCUT2D eigenvalue weighted by molar-refractivity contribution is 7.98. The lowest BCUT2D eigenvalue weighted by Gasteiger charge is -2.13. The quantitative estimate of drug-likeness (QED) is 0.757. The predicted octanol–water partition coefficient (Wildman–Crippen LogP) is 2.84. The molecule has 0 saturated carbocycles. The molecule has 1 aromatic heterocycles. The zero-order valence-electron chi connectivity index (χ0n) is 10.4. The number of carboxylic acid groups (broad SMARTS) is 1. The molecule has 1 aromatic rings. The maximum atomic E-state index is 12.0. The first-order valence-electron chi connectivity index (χ1n) is 5.75. The standard InChI is InChI=1S/C12H17NO3S2/c1-3-4-5-8(12(15)16)13-11(14)10-9(17-2)6-7-18-10/h6-8H,3-5H2,1-2H3,(H,13,14)(H,15,16)/t8-/m0/s1. The topological polar surface area (TPSA) is 66.4 Å². The Labute approximate surface area is 115 Å². The van der Waals surface area contributed by atoms with Crippen LogP contribution in [0.2, 0.25) is 0 Å². The maximum absolute atomic E-state index is 12.0. The van der Waals surface area contributed by atoms with Gasteiger partial charge in [0.15, 0.2) is 0 Å². The van der Waals surface area contributed by atoms with Crippen molar-refractivity contribution in [2.24, 2.45) is 0 Å². The van der Waals surface area contributed by atoms with Crippen LogP contribution >= 0.6 is 23.1 Å². The average Bonchev–Trinajstić information content (AvgIpc) is 2.82. The molecule has 0 spiro atoms. The largest absolute Gasteiger partial charge is 0.480 e. The average molecular weight is 287 g/mol. The van der Waals surface area contributed by atoms with Crippen LogP contribution in [-0.4, -0.2) is 29.3 Å². The highest BCUT2D eigenvalue weighted by Crippen LogP contribution is 2.25. The zero-order chi connectivity index (χ0) is 13.5. The Bertz CT molecular complexity index is 417. The fraction of sp³-hybridized carbons (Fsp3) is 0.500. The normalized spacial score (nSPS) is 12.1. The Kier molecular flexibility index (Phi) is 6.21. The highest BCUT2D eigenvalue weighted by atomic mass is 32.2. The van der Waals surface area contributed by atoms with Crippen LogP contribution in [0.3, 0.4) is 0 Å². The third-order valence-corrected chi connectivity index (χ3v) is 4.33. The summed E-state index contributed by atoms with van der Waals surface area (Å²) >= 11 is 2.82. The summed E-state index contributed by atoms with van der Waals surface area (Å²) in [6.07, 6.45) is 4.06. The third-order valence-electron chi connectivity index (χ3n) is 2.51. The van der Waals surface area contributed by atoms with Crippen LogP contribution in [0.15, 0.2) is 16.3 Å². The first kappa shape index (κ1) is 15.0. The first-order valence-corrected chi connectivity index (χ1v) is 7.85. The monoisotopic (exact) mass is 287 g/mol. The molecule has 0 radical (unpaired) electrons. The summed E-state index contributed by atoms with van der Waals surface area (Å²) in [5.41, 5.74) is 0. The van der Waals surface area contributed by atoms with Crippen molar-refractivity contribution in [2.75, 3.05) is 6.26 Å². The van der Waals surface area contributed by atoms with Gasteiger partial charge in [-0.1, -0.05) is 19.8 Å². The van der Waals surface area contributed by atoms with Crippen LogP contribution in [0.1, 0.15) is 35.9 Å². The summed E-state index contributed by atoms with van der Waals surface area (Å²) in [5.74, 6) is -1.27. The van der Waals surface area contributed by atoms with Crippen molar-refractivity contribution in [2.45, 2.75) is 37.1 Å². The number of rotatable bonds is 7. The molecule has 0 aliphatic carbocycles. The molecule has 0 saturated heterocycles. The van der Waals surface area contributed by atoms with Gasteiger partial charge in [-0.15, -0.1) is 23.1 Å². The predicted molar refractivity (Wildman–Crippen MR) is 74.5 cm³/mol. The van der Waals surface area contributed by atoms with E-state index in [4.69, 9.17) is 5.11 Å². The molecule has 0 bridgehead atoms. The van der Waals surface area contributed by atoms with E-state index in [-0.39, 0.29) is 5.91 Å². The number of thiophene rings is 1. The summed E-state index contributed by atoms with van der Waals surface area (Å²) in [5, 5.41) is 13.5. The fourth-order valence-electron chi connectivity index (χ4n) is 1.51. The minimum Gasteiger partial charge on any atom is -0.480 e. The van der Waals surface area contributed by atoms with Crippen molar-refractivity contribution in [1.29, 1.82) is 0 Å². The Balaban J connectivity index is 2.69. The summed E-state index contributed by atoms with van der Waals surface area (Å²) in [6, 6.07) is 1.07. The van der Waals surface area contributed by atoms with Gasteiger partial charge >= 0.3 is 5.97 Å². The number of aliphatic carboxylic acids is 1. The molecular formula is C12H17NO3S2. The van der Waals surface area contributed by atoms with Gasteiger partial charge in [-0.25, -0.2) is 4.79 Å². The fourth-order valence-corrected chi connectivity index (χ4v) is 3.17. The Hall–Kier alpha value is -1.01. The number of hydrogen-bond donors (Lipinski definition) is 2. The van der Waals surface area contributed by atoms with Gasteiger partial charge in [0.25, 0.3) is 5.91 Å². The molecule has 1 heterocycles. The van der Waals surface area contributed by atoms with Gasteiger partial charge in [-0.3, -0.25) is 4.79 Å². The summed E-state index contributed by atoms with van der Waals surface area (Å²) < 4.78 is 0. The molecule has 1 rings (SSSR count). The molecule has 1 amide bonds. The van der Waals surface area contributed by atoms with Crippen LogP contribution in [0, 0.1) is 0 Å². The molecule has 2 N–H and O–H groups in total. The summed E-state index contributed by atoms with van der Waals surface area (Å²) in [7, 11) is 0. The Morgan fingerprint density at radius 2 is 2.28 bits per heavy atom. The van der Waals surface area contributed by atoms with E-state index >= 15 is 0 Å². The highest BCUT2D eigenvalue weighted by Gasteiger charge is 2.21. The third kappa shape index (κ3) is 4.03. The number of amides is 1. The second kappa shape index (κ2) is 7.43. The van der Waals surface area contributed by atoms with E-state index in [0.717, 1.165) is 17.7 Å². The van der Waals surface area contributed by atoms with Gasteiger partial charge in [0.2, 0.25) is 0 Å². The number of carbonyl (C=O) groups excluding carboxylic acids is 1. The van der Waals surface area contributed by atoms with Gasteiger partial charge < -0.3 is 10.4 Å². The van der Waals surface area contributed by atoms with Crippen LogP contribution < -0.4 is 5.32 Å². The van der Waals surface area contributed by atoms with Crippen LogP contribution in [0.5, 0.6) is 0 Å². The molecule has 0 unspecified atom stereocenters. The SMILES string of the molecule is CCCC[C@H](NC(=O)c1sccc1SC)C(=O)O. The van der Waals surface area contributed by atoms with Gasteiger partial charge in [-0.05, 0) is 24.1 Å². The Morgan fingerprint density at radius 3 is 2.83 bits per heavy atom. The van der Waals surface area contributed by atoms with E-state index in [1.807, 2.05) is 24.6 Å². The van der Waals surface area contributed by atoms with Crippen molar-refractivity contribution in [1.82, 2.24) is 5.32 Å². The molecule has 6 heteroatoms. The van der Waals surface area contributed by atoms with E-state index < -0.39 is 12.0 Å². The molecule has 1 atom stereocenters. The van der Waals surface area contributed by atoms with Crippen molar-refractivity contribution in [3.63, 3.8) is 0 Å². The molecule has 18 heavy (non-hydrogen) atoms. The van der Waals surface area contributed by atoms with Gasteiger partial charge in [0.05, 0.1) is 0 Å². The van der Waals surface area contributed by atoms with Gasteiger partial charge in [0, 0.05) is 4.90 Å². The van der Waals surface area contributed by atoms with Crippen LogP contribution in [-0.2, 0) is 4.79 Å². The van der Waals surface area contributed by atoms with Gasteiger partial charge in [0.1, 0.15) is 10.9 Å². The number of thioether (sulfide) groups is 1. The van der Waals surface area contributed by atoms with E-state index in [1.165, 1.54) is 23.1 Å². The molecule has 0 aliphatic rings. The van der Waals surface area contributed by atoms with E-state index in [0.29, 0.717) is 11.3 Å². The summed E-state index contributed by atoms with van der Waals surface area (Å²) in [6.45, 7) is 1.99.